The van der Waals surface area contributed by atoms with E-state index in [1.165, 1.54) is 12.1 Å². The number of amides is 1. The Hall–Kier alpha value is -1.95. The van der Waals surface area contributed by atoms with E-state index in [-0.39, 0.29) is 29.2 Å². The number of hydrogen-bond acceptors (Lipinski definition) is 4. The molecule has 1 amide bonds. The molecule has 1 fully saturated rings. The zero-order valence-electron chi connectivity index (χ0n) is 11.5. The number of nitrogens with two attached hydrogens (primary N) is 1. The smallest absolute Gasteiger partial charge is 0.282 e. The van der Waals surface area contributed by atoms with E-state index in [1.807, 2.05) is 6.92 Å². The van der Waals surface area contributed by atoms with Gasteiger partial charge in [-0.1, -0.05) is 12.1 Å². The van der Waals surface area contributed by atoms with Gasteiger partial charge >= 0.3 is 0 Å². The number of carbonyl (C=O) groups excluding carboxylic acids is 1. The minimum Gasteiger partial charge on any atom is -0.331 e. The number of nitrogens with zero attached hydrogens (tertiary/aromatic N) is 2. The van der Waals surface area contributed by atoms with E-state index in [9.17, 15) is 14.9 Å². The quantitative estimate of drug-likeness (QED) is 0.675. The van der Waals surface area contributed by atoms with Gasteiger partial charge in [0.2, 0.25) is 0 Å². The number of carbonyl (C=O) groups is 1. The van der Waals surface area contributed by atoms with Gasteiger partial charge in [0.1, 0.15) is 5.56 Å². The lowest BCUT2D eigenvalue weighted by Crippen LogP contribution is -2.51. The van der Waals surface area contributed by atoms with E-state index < -0.39 is 4.92 Å². The molecule has 1 aromatic rings. The predicted molar refractivity (Wildman–Crippen MR) is 75.4 cm³/mol. The van der Waals surface area contributed by atoms with Crippen molar-refractivity contribution < 1.29 is 9.72 Å². The third-order valence-corrected chi connectivity index (χ3v) is 3.87. The number of likely N-dealkylation sites (tertiary alicyclic amines) is 1. The van der Waals surface area contributed by atoms with Crippen molar-refractivity contribution in [1.82, 2.24) is 4.90 Å². The molecule has 108 valence electrons. The van der Waals surface area contributed by atoms with E-state index in [2.05, 4.69) is 0 Å². The molecule has 0 bridgehead atoms. The number of hydrogen-bond donors (Lipinski definition) is 1. The molecule has 1 aliphatic heterocycles. The second-order valence-electron chi connectivity index (χ2n) is 5.16. The molecule has 1 aliphatic rings. The SMILES string of the molecule is CC1CCCC(CN)N1C(=O)c1ccccc1[N+](=O)[O-]. The third kappa shape index (κ3) is 2.65. The van der Waals surface area contributed by atoms with Gasteiger partial charge in [0.05, 0.1) is 4.92 Å². The van der Waals surface area contributed by atoms with Crippen LogP contribution in [0.4, 0.5) is 5.69 Å². The van der Waals surface area contributed by atoms with Gasteiger partial charge in [-0.3, -0.25) is 14.9 Å². The van der Waals surface area contributed by atoms with Gasteiger partial charge in [-0.2, -0.15) is 0 Å². The van der Waals surface area contributed by atoms with Gasteiger partial charge in [-0.05, 0) is 32.3 Å². The van der Waals surface area contributed by atoms with Crippen LogP contribution in [0.15, 0.2) is 24.3 Å². The molecule has 0 spiro atoms. The number of nitro groups is 1. The molecule has 6 nitrogen and oxygen atoms in total. The predicted octanol–water partition coefficient (Wildman–Crippen LogP) is 1.94. The summed E-state index contributed by atoms with van der Waals surface area (Å²) >= 11 is 0. The van der Waals surface area contributed by atoms with E-state index in [4.69, 9.17) is 5.73 Å². The van der Waals surface area contributed by atoms with Crippen LogP contribution in [0, 0.1) is 10.1 Å². The third-order valence-electron chi connectivity index (χ3n) is 3.87. The first-order valence-electron chi connectivity index (χ1n) is 6.82. The van der Waals surface area contributed by atoms with Gasteiger partial charge in [-0.15, -0.1) is 0 Å². The first-order chi connectivity index (χ1) is 9.56. The Morgan fingerprint density at radius 3 is 2.80 bits per heavy atom. The summed E-state index contributed by atoms with van der Waals surface area (Å²) in [6.45, 7) is 2.35. The Bertz CT molecular complexity index is 518. The molecule has 6 heteroatoms. The Balaban J connectivity index is 2.36. The van der Waals surface area contributed by atoms with E-state index in [0.29, 0.717) is 6.54 Å². The Morgan fingerprint density at radius 2 is 2.15 bits per heavy atom. The number of rotatable bonds is 3. The molecule has 0 aromatic heterocycles. The number of benzene rings is 1. The lowest BCUT2D eigenvalue weighted by atomic mass is 9.95. The van der Waals surface area contributed by atoms with Crippen LogP contribution in [-0.4, -0.2) is 34.4 Å². The minimum absolute atomic E-state index is 0.0361. The second-order valence-corrected chi connectivity index (χ2v) is 5.16. The standard InChI is InChI=1S/C14H19N3O3/c1-10-5-4-6-11(9-15)16(10)14(18)12-7-2-3-8-13(12)17(19)20/h2-3,7-8,10-11H,4-6,9,15H2,1H3. The zero-order chi connectivity index (χ0) is 14.7. The van der Waals surface area contributed by atoms with E-state index in [0.717, 1.165) is 19.3 Å². The van der Waals surface area contributed by atoms with Crippen molar-refractivity contribution >= 4 is 11.6 Å². The van der Waals surface area contributed by atoms with Crippen LogP contribution >= 0.6 is 0 Å². The van der Waals surface area contributed by atoms with Crippen molar-refractivity contribution in [3.05, 3.63) is 39.9 Å². The lowest BCUT2D eigenvalue weighted by Gasteiger charge is -2.40. The molecule has 0 saturated carbocycles. The molecule has 2 N–H and O–H groups in total. The summed E-state index contributed by atoms with van der Waals surface area (Å²) in [7, 11) is 0. The van der Waals surface area contributed by atoms with Crippen molar-refractivity contribution in [2.45, 2.75) is 38.3 Å². The fraction of sp³-hybridized carbons (Fsp3) is 0.500. The van der Waals surface area contributed by atoms with Crippen molar-refractivity contribution in [2.75, 3.05) is 6.54 Å². The average Bonchev–Trinajstić information content (AvgIpc) is 2.46. The van der Waals surface area contributed by atoms with Crippen LogP contribution in [0.2, 0.25) is 0 Å². The topological polar surface area (TPSA) is 89.5 Å². The summed E-state index contributed by atoms with van der Waals surface area (Å²) in [5.41, 5.74) is 5.74. The van der Waals surface area contributed by atoms with Crippen LogP contribution < -0.4 is 5.73 Å². The van der Waals surface area contributed by atoms with Crippen molar-refractivity contribution in [3.8, 4) is 0 Å². The summed E-state index contributed by atoms with van der Waals surface area (Å²) in [4.78, 5) is 24.9. The molecule has 1 saturated heterocycles. The zero-order valence-corrected chi connectivity index (χ0v) is 11.5. The number of piperidine rings is 1. The fourth-order valence-electron chi connectivity index (χ4n) is 2.84. The van der Waals surface area contributed by atoms with Crippen molar-refractivity contribution in [1.29, 1.82) is 0 Å². The van der Waals surface area contributed by atoms with Crippen molar-refractivity contribution in [2.24, 2.45) is 5.73 Å². The maximum absolute atomic E-state index is 12.7. The van der Waals surface area contributed by atoms with Crippen LogP contribution in [0.25, 0.3) is 0 Å². The Morgan fingerprint density at radius 1 is 1.45 bits per heavy atom. The van der Waals surface area contributed by atoms with Gasteiger partial charge in [-0.25, -0.2) is 0 Å². The fourth-order valence-corrected chi connectivity index (χ4v) is 2.84. The van der Waals surface area contributed by atoms with Gasteiger partial charge in [0.15, 0.2) is 0 Å². The van der Waals surface area contributed by atoms with Gasteiger partial charge in [0.25, 0.3) is 11.6 Å². The molecular formula is C14H19N3O3. The molecule has 1 heterocycles. The molecule has 20 heavy (non-hydrogen) atoms. The normalized spacial score (nSPS) is 22.6. The maximum atomic E-state index is 12.7. The Labute approximate surface area is 117 Å². The largest absolute Gasteiger partial charge is 0.331 e. The Kier molecular flexibility index (Phi) is 4.34. The molecule has 2 unspecified atom stereocenters. The van der Waals surface area contributed by atoms with Gasteiger partial charge in [0, 0.05) is 24.7 Å². The number of para-hydroxylation sites is 1. The summed E-state index contributed by atoms with van der Waals surface area (Å²) in [6.07, 6.45) is 2.79. The maximum Gasteiger partial charge on any atom is 0.282 e. The monoisotopic (exact) mass is 277 g/mol. The highest BCUT2D eigenvalue weighted by atomic mass is 16.6. The minimum atomic E-state index is -0.515. The highest BCUT2D eigenvalue weighted by Gasteiger charge is 2.34. The van der Waals surface area contributed by atoms with Crippen LogP contribution in [-0.2, 0) is 0 Å². The number of nitro benzene ring substituents is 1. The van der Waals surface area contributed by atoms with Crippen LogP contribution in [0.1, 0.15) is 36.5 Å². The summed E-state index contributed by atoms with van der Waals surface area (Å²) in [5.74, 6) is -0.292. The first-order valence-corrected chi connectivity index (χ1v) is 6.82. The summed E-state index contributed by atoms with van der Waals surface area (Å²) < 4.78 is 0. The van der Waals surface area contributed by atoms with Crippen LogP contribution in [0.3, 0.4) is 0 Å². The molecule has 0 radical (unpaired) electrons. The second kappa shape index (κ2) is 6.00. The molecular weight excluding hydrogens is 258 g/mol. The van der Waals surface area contributed by atoms with Gasteiger partial charge < -0.3 is 10.6 Å². The first kappa shape index (κ1) is 14.5. The lowest BCUT2D eigenvalue weighted by molar-refractivity contribution is -0.385. The molecule has 2 atom stereocenters. The highest BCUT2D eigenvalue weighted by molar-refractivity contribution is 5.98. The molecule has 2 rings (SSSR count). The molecule has 1 aromatic carbocycles. The average molecular weight is 277 g/mol. The van der Waals surface area contributed by atoms with Crippen molar-refractivity contribution in [3.63, 3.8) is 0 Å². The summed E-state index contributed by atoms with van der Waals surface area (Å²) in [6, 6.07) is 6.10. The van der Waals surface area contributed by atoms with Crippen LogP contribution in [0.5, 0.6) is 0 Å². The summed E-state index contributed by atoms with van der Waals surface area (Å²) in [5, 5.41) is 11.1. The highest BCUT2D eigenvalue weighted by Crippen LogP contribution is 2.27. The van der Waals surface area contributed by atoms with E-state index in [1.54, 1.807) is 17.0 Å². The molecule has 0 aliphatic carbocycles. The van der Waals surface area contributed by atoms with E-state index >= 15 is 0 Å².